The van der Waals surface area contributed by atoms with Crippen molar-refractivity contribution in [2.75, 3.05) is 26.2 Å². The minimum Gasteiger partial charge on any atom is -0.348 e. The number of imidazole rings is 1. The lowest BCUT2D eigenvalue weighted by Gasteiger charge is -2.38. The van der Waals surface area contributed by atoms with E-state index in [0.717, 1.165) is 70.5 Å². The standard InChI is InChI=1S/C20H30N4O2/c25-19(15-4-1-2-5-15)23-12-7-16(8-13-23)20(26)24-11-3-6-17(14-24)18-21-9-10-22-18/h9-10,15-17H,1-8,11-14H2,(H,21,22)/t17-/m0/s1. The van der Waals surface area contributed by atoms with Crippen LogP contribution in [0.3, 0.4) is 0 Å². The van der Waals surface area contributed by atoms with E-state index in [-0.39, 0.29) is 17.7 Å². The third-order valence-corrected chi connectivity index (χ3v) is 6.50. The minimum absolute atomic E-state index is 0.0815. The molecule has 2 aliphatic heterocycles. The molecule has 0 spiro atoms. The first-order valence-corrected chi connectivity index (χ1v) is 10.3. The number of piperidine rings is 2. The first kappa shape index (κ1) is 17.6. The average molecular weight is 358 g/mol. The summed E-state index contributed by atoms with van der Waals surface area (Å²) in [5, 5.41) is 0. The molecule has 1 atom stereocenters. The van der Waals surface area contributed by atoms with Gasteiger partial charge in [0.2, 0.25) is 11.8 Å². The summed E-state index contributed by atoms with van der Waals surface area (Å²) < 4.78 is 0. The van der Waals surface area contributed by atoms with Gasteiger partial charge in [-0.05, 0) is 38.5 Å². The molecule has 3 heterocycles. The molecule has 0 aromatic carbocycles. The third-order valence-electron chi connectivity index (χ3n) is 6.50. The summed E-state index contributed by atoms with van der Waals surface area (Å²) in [7, 11) is 0. The number of amides is 2. The Balaban J connectivity index is 1.29. The van der Waals surface area contributed by atoms with Gasteiger partial charge >= 0.3 is 0 Å². The highest BCUT2D eigenvalue weighted by molar-refractivity contribution is 5.81. The third kappa shape index (κ3) is 3.64. The number of aromatic nitrogens is 2. The van der Waals surface area contributed by atoms with Gasteiger partial charge in [-0.1, -0.05) is 12.8 Å². The van der Waals surface area contributed by atoms with E-state index >= 15 is 0 Å². The minimum atomic E-state index is 0.0815. The van der Waals surface area contributed by atoms with Crippen molar-refractivity contribution in [2.24, 2.45) is 11.8 Å². The van der Waals surface area contributed by atoms with Crippen LogP contribution in [0.1, 0.15) is 63.1 Å². The fraction of sp³-hybridized carbons (Fsp3) is 0.750. The number of aromatic amines is 1. The largest absolute Gasteiger partial charge is 0.348 e. The maximum atomic E-state index is 13.0. The first-order valence-electron chi connectivity index (χ1n) is 10.3. The summed E-state index contributed by atoms with van der Waals surface area (Å²) in [4.78, 5) is 37.2. The van der Waals surface area contributed by atoms with Gasteiger partial charge in [-0.3, -0.25) is 9.59 Å². The lowest BCUT2D eigenvalue weighted by Crippen LogP contribution is -2.47. The highest BCUT2D eigenvalue weighted by Crippen LogP contribution is 2.30. The first-order chi connectivity index (χ1) is 12.7. The van der Waals surface area contributed by atoms with Crippen LogP contribution in [0.2, 0.25) is 0 Å². The van der Waals surface area contributed by atoms with Crippen LogP contribution in [0.4, 0.5) is 0 Å². The van der Waals surface area contributed by atoms with Gasteiger partial charge in [0, 0.05) is 56.3 Å². The van der Waals surface area contributed by atoms with Crippen LogP contribution in [0.15, 0.2) is 12.4 Å². The number of nitrogens with one attached hydrogen (secondary N) is 1. The summed E-state index contributed by atoms with van der Waals surface area (Å²) in [6.45, 7) is 3.13. The Hall–Kier alpha value is -1.85. The molecule has 0 unspecified atom stereocenters. The number of H-pyrrole nitrogens is 1. The van der Waals surface area contributed by atoms with Crippen molar-refractivity contribution in [3.8, 4) is 0 Å². The molecule has 1 aliphatic carbocycles. The van der Waals surface area contributed by atoms with E-state index in [1.807, 2.05) is 16.0 Å². The Bertz CT molecular complexity index is 616. The van der Waals surface area contributed by atoms with Gasteiger partial charge in [0.1, 0.15) is 5.82 Å². The Kier molecular flexibility index (Phi) is 5.27. The predicted octanol–water partition coefficient (Wildman–Crippen LogP) is 2.54. The number of carbonyl (C=O) groups excluding carboxylic acids is 2. The highest BCUT2D eigenvalue weighted by Gasteiger charge is 2.35. The zero-order valence-corrected chi connectivity index (χ0v) is 15.5. The molecule has 2 amide bonds. The van der Waals surface area contributed by atoms with Crippen molar-refractivity contribution in [3.05, 3.63) is 18.2 Å². The summed E-state index contributed by atoms with van der Waals surface area (Å²) in [5.74, 6) is 2.28. The molecule has 3 aliphatic rings. The Morgan fingerprint density at radius 3 is 2.27 bits per heavy atom. The van der Waals surface area contributed by atoms with Crippen LogP contribution in [-0.2, 0) is 9.59 Å². The molecule has 0 bridgehead atoms. The second kappa shape index (κ2) is 7.80. The van der Waals surface area contributed by atoms with Gasteiger partial charge in [-0.25, -0.2) is 4.98 Å². The maximum Gasteiger partial charge on any atom is 0.225 e. The van der Waals surface area contributed by atoms with E-state index in [2.05, 4.69) is 9.97 Å². The number of carbonyl (C=O) groups is 2. The molecule has 6 nitrogen and oxygen atoms in total. The molecule has 142 valence electrons. The molecule has 3 fully saturated rings. The van der Waals surface area contributed by atoms with E-state index < -0.39 is 0 Å². The van der Waals surface area contributed by atoms with E-state index in [0.29, 0.717) is 11.8 Å². The van der Waals surface area contributed by atoms with Gasteiger partial charge in [-0.2, -0.15) is 0 Å². The van der Waals surface area contributed by atoms with Crippen molar-refractivity contribution < 1.29 is 9.59 Å². The van der Waals surface area contributed by atoms with Crippen LogP contribution in [0, 0.1) is 11.8 Å². The number of rotatable bonds is 3. The molecule has 0 radical (unpaired) electrons. The smallest absolute Gasteiger partial charge is 0.225 e. The molecule has 1 aromatic rings. The van der Waals surface area contributed by atoms with Crippen LogP contribution in [-0.4, -0.2) is 57.8 Å². The highest BCUT2D eigenvalue weighted by atomic mass is 16.2. The van der Waals surface area contributed by atoms with E-state index in [9.17, 15) is 9.59 Å². The lowest BCUT2D eigenvalue weighted by molar-refractivity contribution is -0.143. The van der Waals surface area contributed by atoms with Gasteiger partial charge in [0.25, 0.3) is 0 Å². The number of hydrogen-bond donors (Lipinski definition) is 1. The van der Waals surface area contributed by atoms with E-state index in [1.54, 1.807) is 6.20 Å². The van der Waals surface area contributed by atoms with Gasteiger partial charge in [0.05, 0.1) is 0 Å². The Morgan fingerprint density at radius 2 is 1.58 bits per heavy atom. The monoisotopic (exact) mass is 358 g/mol. The van der Waals surface area contributed by atoms with E-state index in [1.165, 1.54) is 12.8 Å². The van der Waals surface area contributed by atoms with Crippen molar-refractivity contribution in [1.29, 1.82) is 0 Å². The Morgan fingerprint density at radius 1 is 0.885 bits per heavy atom. The van der Waals surface area contributed by atoms with Crippen molar-refractivity contribution in [3.63, 3.8) is 0 Å². The van der Waals surface area contributed by atoms with E-state index in [4.69, 9.17) is 0 Å². The molecular weight excluding hydrogens is 328 g/mol. The SMILES string of the molecule is O=C(C1CCCC1)N1CCC(C(=O)N2CCC[C@H](c3ncc[nH]3)C2)CC1. The quantitative estimate of drug-likeness (QED) is 0.903. The van der Waals surface area contributed by atoms with Crippen LogP contribution >= 0.6 is 0 Å². The van der Waals surface area contributed by atoms with Crippen LogP contribution < -0.4 is 0 Å². The summed E-state index contributed by atoms with van der Waals surface area (Å²) >= 11 is 0. The molecule has 4 rings (SSSR count). The second-order valence-electron chi connectivity index (χ2n) is 8.18. The molecule has 1 N–H and O–H groups in total. The van der Waals surface area contributed by atoms with Crippen molar-refractivity contribution in [2.45, 2.75) is 57.3 Å². The zero-order chi connectivity index (χ0) is 17.9. The topological polar surface area (TPSA) is 69.3 Å². The number of likely N-dealkylation sites (tertiary alicyclic amines) is 2. The normalized spacial score (nSPS) is 25.6. The predicted molar refractivity (Wildman–Crippen MR) is 98.4 cm³/mol. The maximum absolute atomic E-state index is 13.0. The van der Waals surface area contributed by atoms with Gasteiger partial charge in [0.15, 0.2) is 0 Å². The molecule has 6 heteroatoms. The summed E-state index contributed by atoms with van der Waals surface area (Å²) in [6.07, 6.45) is 11.9. The lowest BCUT2D eigenvalue weighted by atomic mass is 9.91. The molecule has 2 saturated heterocycles. The number of hydrogen-bond acceptors (Lipinski definition) is 3. The van der Waals surface area contributed by atoms with Crippen LogP contribution in [0.25, 0.3) is 0 Å². The van der Waals surface area contributed by atoms with Crippen molar-refractivity contribution >= 4 is 11.8 Å². The van der Waals surface area contributed by atoms with Gasteiger partial charge in [-0.15, -0.1) is 0 Å². The molecule has 26 heavy (non-hydrogen) atoms. The summed E-state index contributed by atoms with van der Waals surface area (Å²) in [6, 6.07) is 0. The van der Waals surface area contributed by atoms with Crippen molar-refractivity contribution in [1.82, 2.24) is 19.8 Å². The molecule has 1 saturated carbocycles. The average Bonchev–Trinajstić information content (AvgIpc) is 3.41. The Labute approximate surface area is 155 Å². The summed E-state index contributed by atoms with van der Waals surface area (Å²) in [5.41, 5.74) is 0. The fourth-order valence-electron chi connectivity index (χ4n) is 4.94. The molecular formula is C20H30N4O2. The second-order valence-corrected chi connectivity index (χ2v) is 8.18. The molecule has 1 aromatic heterocycles. The number of nitrogens with zero attached hydrogens (tertiary/aromatic N) is 3. The van der Waals surface area contributed by atoms with Crippen LogP contribution in [0.5, 0.6) is 0 Å². The zero-order valence-electron chi connectivity index (χ0n) is 15.5. The van der Waals surface area contributed by atoms with Gasteiger partial charge < -0.3 is 14.8 Å². The fourth-order valence-corrected chi connectivity index (χ4v) is 4.94.